The van der Waals surface area contributed by atoms with Crippen molar-refractivity contribution in [3.05, 3.63) is 83.1 Å². The molecule has 0 bridgehead atoms. The number of ketones is 1. The summed E-state index contributed by atoms with van der Waals surface area (Å²) in [5.74, 6) is -0.309. The van der Waals surface area contributed by atoms with E-state index in [2.05, 4.69) is 0 Å². The summed E-state index contributed by atoms with van der Waals surface area (Å²) in [6.45, 7) is 1.76. The lowest BCUT2D eigenvalue weighted by molar-refractivity contribution is -0.110. The average molecular weight is 339 g/mol. The molecule has 0 saturated carbocycles. The Morgan fingerprint density at radius 3 is 2.64 bits per heavy atom. The van der Waals surface area contributed by atoms with Crippen LogP contribution in [0.15, 0.2) is 66.5 Å². The standard InChI is InChI=1S/C21H20O4/c1-15-12-17(8-11-21(15)24)7-10-19(23)14-18(22)9-6-16-4-3-5-20(13-16)25-2/h3-14,23-24H,1-2H3/b9-6+,10-7+,19-14-/i2D3. The largest absolute Gasteiger partial charge is 0.508 e. The number of methoxy groups -OCH3 is 1. The molecule has 0 fully saturated rings. The third kappa shape index (κ3) is 5.70. The minimum atomic E-state index is -2.55. The molecular formula is C21H20O4. The zero-order valence-corrected chi connectivity index (χ0v) is 13.6. The van der Waals surface area contributed by atoms with E-state index in [9.17, 15) is 15.0 Å². The Morgan fingerprint density at radius 2 is 1.88 bits per heavy atom. The molecule has 0 aliphatic carbocycles. The van der Waals surface area contributed by atoms with Gasteiger partial charge in [0, 0.05) is 6.08 Å². The number of phenolic OH excluding ortho intramolecular Hbond substituents is 1. The van der Waals surface area contributed by atoms with Gasteiger partial charge in [0.1, 0.15) is 17.3 Å². The van der Waals surface area contributed by atoms with Gasteiger partial charge in [0.05, 0.1) is 11.2 Å². The van der Waals surface area contributed by atoms with Gasteiger partial charge in [0.25, 0.3) is 0 Å². The number of aromatic hydroxyl groups is 1. The fourth-order valence-corrected chi connectivity index (χ4v) is 2.07. The lowest BCUT2D eigenvalue weighted by atomic mass is 10.1. The van der Waals surface area contributed by atoms with Crippen LogP contribution in [0.2, 0.25) is 0 Å². The molecule has 4 nitrogen and oxygen atoms in total. The van der Waals surface area contributed by atoms with Gasteiger partial charge < -0.3 is 14.9 Å². The molecular weight excluding hydrogens is 316 g/mol. The van der Waals surface area contributed by atoms with Crippen molar-refractivity contribution < 1.29 is 23.9 Å². The molecule has 0 aliphatic heterocycles. The number of hydrogen-bond donors (Lipinski definition) is 2. The topological polar surface area (TPSA) is 66.8 Å². The van der Waals surface area contributed by atoms with E-state index in [4.69, 9.17) is 8.85 Å². The van der Waals surface area contributed by atoms with Gasteiger partial charge in [-0.15, -0.1) is 0 Å². The molecule has 0 aromatic heterocycles. The van der Waals surface area contributed by atoms with Crippen LogP contribution in [0.5, 0.6) is 11.5 Å². The molecule has 0 spiro atoms. The van der Waals surface area contributed by atoms with E-state index < -0.39 is 12.8 Å². The third-order valence-electron chi connectivity index (χ3n) is 3.37. The van der Waals surface area contributed by atoms with Crippen molar-refractivity contribution in [1.29, 1.82) is 0 Å². The maximum Gasteiger partial charge on any atom is 0.182 e. The minimum absolute atomic E-state index is 0.167. The van der Waals surface area contributed by atoms with Crippen LogP contribution in [0.25, 0.3) is 12.2 Å². The highest BCUT2D eigenvalue weighted by molar-refractivity contribution is 6.02. The van der Waals surface area contributed by atoms with E-state index in [-0.39, 0.29) is 17.3 Å². The predicted octanol–water partition coefficient (Wildman–Crippen LogP) is 4.45. The highest BCUT2D eigenvalue weighted by Gasteiger charge is 1.98. The molecule has 2 aromatic rings. The summed E-state index contributed by atoms with van der Waals surface area (Å²) in [6, 6.07) is 11.3. The smallest absolute Gasteiger partial charge is 0.182 e. The number of aliphatic hydroxyl groups is 1. The van der Waals surface area contributed by atoms with Crippen LogP contribution in [-0.4, -0.2) is 23.0 Å². The Labute approximate surface area is 151 Å². The summed E-state index contributed by atoms with van der Waals surface area (Å²) in [7, 11) is -2.55. The van der Waals surface area contributed by atoms with Gasteiger partial charge >= 0.3 is 0 Å². The molecule has 0 aliphatic rings. The Kier molecular flexibility index (Phi) is 4.82. The zero-order valence-electron chi connectivity index (χ0n) is 16.6. The third-order valence-corrected chi connectivity index (χ3v) is 3.37. The zero-order chi connectivity index (χ0) is 20.7. The van der Waals surface area contributed by atoms with Crippen LogP contribution < -0.4 is 4.74 Å². The molecule has 2 aromatic carbocycles. The molecule has 128 valence electrons. The average Bonchev–Trinajstić information content (AvgIpc) is 2.60. The minimum Gasteiger partial charge on any atom is -0.508 e. The summed E-state index contributed by atoms with van der Waals surface area (Å²) < 4.78 is 26.1. The van der Waals surface area contributed by atoms with Gasteiger partial charge in [0.15, 0.2) is 5.78 Å². The molecule has 0 unspecified atom stereocenters. The maximum absolute atomic E-state index is 11.9. The first-order chi connectivity index (χ1) is 13.1. The molecule has 25 heavy (non-hydrogen) atoms. The van der Waals surface area contributed by atoms with Gasteiger partial charge in [-0.1, -0.05) is 30.4 Å². The fourth-order valence-electron chi connectivity index (χ4n) is 2.07. The molecule has 0 amide bonds. The van der Waals surface area contributed by atoms with E-state index >= 15 is 0 Å². The van der Waals surface area contributed by atoms with E-state index in [1.165, 1.54) is 30.4 Å². The molecule has 0 radical (unpaired) electrons. The second kappa shape index (κ2) is 8.55. The summed E-state index contributed by atoms with van der Waals surface area (Å²) >= 11 is 0. The second-order valence-corrected chi connectivity index (χ2v) is 5.36. The maximum atomic E-state index is 11.9. The molecule has 2 N–H and O–H groups in total. The van der Waals surface area contributed by atoms with Gasteiger partial charge in [-0.3, -0.25) is 4.79 Å². The SMILES string of the molecule is [2H]C([2H])([2H])Oc1cccc(/C=C/C(=O)/C=C(O)/C=C/c2ccc(O)c(C)c2)c1. The summed E-state index contributed by atoms with van der Waals surface area (Å²) in [6.07, 6.45) is 6.80. The van der Waals surface area contributed by atoms with Crippen molar-refractivity contribution >= 4 is 17.9 Å². The summed E-state index contributed by atoms with van der Waals surface area (Å²) in [5, 5.41) is 19.4. The number of phenols is 1. The second-order valence-electron chi connectivity index (χ2n) is 5.36. The van der Waals surface area contributed by atoms with Crippen LogP contribution in [0.4, 0.5) is 0 Å². The summed E-state index contributed by atoms with van der Waals surface area (Å²) in [4.78, 5) is 11.9. The number of hydrogen-bond acceptors (Lipinski definition) is 4. The normalized spacial score (nSPS) is 14.3. The number of ether oxygens (including phenoxy) is 1. The molecule has 0 atom stereocenters. The van der Waals surface area contributed by atoms with Crippen LogP contribution in [0.1, 0.15) is 20.8 Å². The first-order valence-corrected chi connectivity index (χ1v) is 7.52. The number of benzene rings is 2. The fraction of sp³-hybridized carbons (Fsp3) is 0.0952. The van der Waals surface area contributed by atoms with Gasteiger partial charge in [-0.05, 0) is 60.0 Å². The first kappa shape index (κ1) is 14.1. The number of rotatable bonds is 6. The highest BCUT2D eigenvalue weighted by atomic mass is 16.5. The van der Waals surface area contributed by atoms with Crippen molar-refractivity contribution in [3.63, 3.8) is 0 Å². The van der Waals surface area contributed by atoms with Crippen LogP contribution in [-0.2, 0) is 4.79 Å². The Hall–Kier alpha value is -3.27. The van der Waals surface area contributed by atoms with Crippen molar-refractivity contribution in [2.45, 2.75) is 6.92 Å². The number of carbonyl (C=O) groups excluding carboxylic acids is 1. The first-order valence-electron chi connectivity index (χ1n) is 9.02. The molecule has 4 heteroatoms. The number of aliphatic hydroxyl groups excluding tert-OH is 1. The monoisotopic (exact) mass is 339 g/mol. The number of aryl methyl sites for hydroxylation is 1. The van der Waals surface area contributed by atoms with Crippen molar-refractivity contribution in [3.8, 4) is 11.5 Å². The van der Waals surface area contributed by atoms with Crippen molar-refractivity contribution in [1.82, 2.24) is 0 Å². The number of allylic oxidation sites excluding steroid dienone is 3. The predicted molar refractivity (Wildman–Crippen MR) is 99.6 cm³/mol. The molecule has 0 heterocycles. The highest BCUT2D eigenvalue weighted by Crippen LogP contribution is 2.18. The number of carbonyl (C=O) groups is 1. The van der Waals surface area contributed by atoms with Gasteiger partial charge in [-0.2, -0.15) is 0 Å². The van der Waals surface area contributed by atoms with Crippen molar-refractivity contribution in [2.24, 2.45) is 0 Å². The van der Waals surface area contributed by atoms with E-state index in [0.29, 0.717) is 11.1 Å². The Morgan fingerprint density at radius 1 is 1.12 bits per heavy atom. The van der Waals surface area contributed by atoms with E-state index in [1.807, 2.05) is 0 Å². The molecule has 2 rings (SSSR count). The van der Waals surface area contributed by atoms with E-state index in [1.54, 1.807) is 43.3 Å². The van der Waals surface area contributed by atoms with Crippen LogP contribution >= 0.6 is 0 Å². The molecule has 0 saturated heterocycles. The van der Waals surface area contributed by atoms with Crippen LogP contribution in [0, 0.1) is 6.92 Å². The van der Waals surface area contributed by atoms with Gasteiger partial charge in [0.2, 0.25) is 0 Å². The van der Waals surface area contributed by atoms with E-state index in [0.717, 1.165) is 11.6 Å². The quantitative estimate of drug-likeness (QED) is 0.464. The van der Waals surface area contributed by atoms with Crippen LogP contribution in [0.3, 0.4) is 0 Å². The summed E-state index contributed by atoms with van der Waals surface area (Å²) in [5.41, 5.74) is 2.05. The Balaban J connectivity index is 2.02. The Bertz CT molecular complexity index is 941. The van der Waals surface area contributed by atoms with Gasteiger partial charge in [-0.25, -0.2) is 0 Å². The van der Waals surface area contributed by atoms with Crippen molar-refractivity contribution in [2.75, 3.05) is 7.04 Å². The lowest BCUT2D eigenvalue weighted by Gasteiger charge is -2.00. The lowest BCUT2D eigenvalue weighted by Crippen LogP contribution is -1.89.